The van der Waals surface area contributed by atoms with E-state index in [0.29, 0.717) is 16.8 Å². The predicted octanol–water partition coefficient (Wildman–Crippen LogP) is 3.38. The van der Waals surface area contributed by atoms with Gasteiger partial charge in [-0.1, -0.05) is 35.5 Å². The normalized spacial score (nSPS) is 17.2. The number of carbonyl (C=O) groups is 1. The maximum absolute atomic E-state index is 12.1. The van der Waals surface area contributed by atoms with E-state index in [4.69, 9.17) is 10.5 Å². The number of rotatable bonds is 7. The van der Waals surface area contributed by atoms with Crippen molar-refractivity contribution < 1.29 is 19.8 Å². The molecule has 1 saturated heterocycles. The summed E-state index contributed by atoms with van der Waals surface area (Å²) in [6.45, 7) is 1.77. The molecule has 4 rings (SSSR count). The van der Waals surface area contributed by atoms with Crippen molar-refractivity contribution in [2.75, 3.05) is 18.8 Å². The highest BCUT2D eigenvalue weighted by Gasteiger charge is 2.23. The number of nitrogen functional groups attached to an aromatic ring is 1. The van der Waals surface area contributed by atoms with Gasteiger partial charge >= 0.3 is 5.97 Å². The zero-order chi connectivity index (χ0) is 21.8. The Kier molecular flexibility index (Phi) is 6.04. The fourth-order valence-corrected chi connectivity index (χ4v) is 4.06. The van der Waals surface area contributed by atoms with Crippen LogP contribution in [-0.2, 0) is 11.2 Å². The number of nitrogens with zero attached hydrogens (tertiary/aromatic N) is 1. The van der Waals surface area contributed by atoms with Gasteiger partial charge in [0.1, 0.15) is 11.9 Å². The Hall–Kier alpha value is -3.58. The fourth-order valence-electron chi connectivity index (χ4n) is 4.06. The van der Waals surface area contributed by atoms with Gasteiger partial charge in [0.2, 0.25) is 0 Å². The molecule has 0 amide bonds. The lowest BCUT2D eigenvalue weighted by atomic mass is 9.88. The largest absolute Gasteiger partial charge is 0.489 e. The summed E-state index contributed by atoms with van der Waals surface area (Å²) >= 11 is 0. The molecule has 3 aromatic rings. The van der Waals surface area contributed by atoms with Crippen molar-refractivity contribution in [2.45, 2.75) is 24.9 Å². The van der Waals surface area contributed by atoms with Gasteiger partial charge in [-0.05, 0) is 65.6 Å². The number of fused-ring (bicyclic) bond motifs is 1. The number of carboxylic acids is 1. The number of nitrogens with two attached hydrogens (primary N) is 1. The van der Waals surface area contributed by atoms with Crippen LogP contribution in [0.2, 0.25) is 0 Å². The van der Waals surface area contributed by atoms with E-state index in [9.17, 15) is 15.1 Å². The molecule has 0 aromatic heterocycles. The van der Waals surface area contributed by atoms with Gasteiger partial charge in [0.15, 0.2) is 0 Å². The Labute approximate surface area is 180 Å². The smallest absolute Gasteiger partial charge is 0.311 e. The van der Waals surface area contributed by atoms with Crippen LogP contribution in [0.5, 0.6) is 5.75 Å². The number of ether oxygens (including phenoxy) is 1. The van der Waals surface area contributed by atoms with Crippen LogP contribution < -0.4 is 15.8 Å². The summed E-state index contributed by atoms with van der Waals surface area (Å²) in [5.74, 6) is -0.948. The SMILES string of the molecule is Nc1ccc2ccc(C[C@H](C(=O)O)c3ccc(O[C@H]4CCNC4)cc3)c(/C=N\O)c2c1. The molecule has 0 unspecified atom stereocenters. The third-order valence-corrected chi connectivity index (χ3v) is 5.69. The van der Waals surface area contributed by atoms with Crippen LogP contribution in [0.1, 0.15) is 29.0 Å². The second-order valence-electron chi connectivity index (χ2n) is 7.76. The molecule has 7 heteroatoms. The predicted molar refractivity (Wildman–Crippen MR) is 120 cm³/mol. The van der Waals surface area contributed by atoms with Crippen LogP contribution in [-0.4, -0.2) is 41.7 Å². The van der Waals surface area contributed by atoms with Gasteiger partial charge in [0.25, 0.3) is 0 Å². The molecule has 1 aliphatic heterocycles. The molecule has 1 aliphatic rings. The van der Waals surface area contributed by atoms with Crippen LogP contribution in [0, 0.1) is 0 Å². The van der Waals surface area contributed by atoms with Gasteiger partial charge in [-0.3, -0.25) is 4.79 Å². The molecule has 2 atom stereocenters. The highest BCUT2D eigenvalue weighted by atomic mass is 16.5. The first-order valence-electron chi connectivity index (χ1n) is 10.2. The number of aliphatic carboxylic acids is 1. The van der Waals surface area contributed by atoms with Crippen molar-refractivity contribution in [3.63, 3.8) is 0 Å². The molecule has 5 N–H and O–H groups in total. The monoisotopic (exact) mass is 419 g/mol. The van der Waals surface area contributed by atoms with E-state index >= 15 is 0 Å². The number of hydrogen-bond donors (Lipinski definition) is 4. The van der Waals surface area contributed by atoms with Crippen LogP contribution in [0.4, 0.5) is 5.69 Å². The molecular formula is C24H25N3O4. The highest BCUT2D eigenvalue weighted by Crippen LogP contribution is 2.29. The minimum absolute atomic E-state index is 0.145. The summed E-state index contributed by atoms with van der Waals surface area (Å²) in [7, 11) is 0. The van der Waals surface area contributed by atoms with E-state index in [1.165, 1.54) is 6.21 Å². The summed E-state index contributed by atoms with van der Waals surface area (Å²) in [5.41, 5.74) is 8.63. The van der Waals surface area contributed by atoms with Gasteiger partial charge in [0, 0.05) is 17.8 Å². The topological polar surface area (TPSA) is 117 Å². The summed E-state index contributed by atoms with van der Waals surface area (Å²) < 4.78 is 5.93. The van der Waals surface area contributed by atoms with Gasteiger partial charge in [-0.2, -0.15) is 0 Å². The average molecular weight is 419 g/mol. The Morgan fingerprint density at radius 3 is 2.68 bits per heavy atom. The number of anilines is 1. The van der Waals surface area contributed by atoms with E-state index in [1.807, 2.05) is 30.3 Å². The van der Waals surface area contributed by atoms with E-state index in [0.717, 1.165) is 41.6 Å². The Morgan fingerprint density at radius 1 is 1.23 bits per heavy atom. The zero-order valence-corrected chi connectivity index (χ0v) is 17.0. The molecule has 31 heavy (non-hydrogen) atoms. The van der Waals surface area contributed by atoms with E-state index in [-0.39, 0.29) is 12.5 Å². The third kappa shape index (κ3) is 4.62. The standard InChI is InChI=1S/C24H25N3O4/c25-18-6-3-15-1-2-17(23(14-27-30)21(15)12-18)11-22(24(28)29)16-4-7-19(8-5-16)31-20-9-10-26-13-20/h1-8,12,14,20,22,26,30H,9-11,13,25H2,(H,28,29)/b27-14-/t20-,22-/m0/s1. The van der Waals surface area contributed by atoms with E-state index in [1.54, 1.807) is 24.3 Å². The molecule has 0 bridgehead atoms. The number of benzene rings is 3. The maximum Gasteiger partial charge on any atom is 0.311 e. The highest BCUT2D eigenvalue weighted by molar-refractivity contribution is 6.02. The van der Waals surface area contributed by atoms with Crippen molar-refractivity contribution in [3.05, 3.63) is 71.3 Å². The summed E-state index contributed by atoms with van der Waals surface area (Å²) in [6.07, 6.45) is 2.68. The molecule has 1 fully saturated rings. The van der Waals surface area contributed by atoms with Gasteiger partial charge in [-0.25, -0.2) is 0 Å². The Morgan fingerprint density at radius 2 is 2.00 bits per heavy atom. The summed E-state index contributed by atoms with van der Waals surface area (Å²) in [4.78, 5) is 12.1. The van der Waals surface area contributed by atoms with Crippen LogP contribution >= 0.6 is 0 Å². The second-order valence-corrected chi connectivity index (χ2v) is 7.76. The molecule has 1 heterocycles. The zero-order valence-electron chi connectivity index (χ0n) is 17.0. The summed E-state index contributed by atoms with van der Waals surface area (Å²) in [5, 5.41) is 27.3. The number of hydrogen-bond acceptors (Lipinski definition) is 6. The lowest BCUT2D eigenvalue weighted by Crippen LogP contribution is -2.19. The molecule has 0 aliphatic carbocycles. The van der Waals surface area contributed by atoms with E-state index in [2.05, 4.69) is 10.5 Å². The molecule has 0 radical (unpaired) electrons. The second kappa shape index (κ2) is 9.06. The quantitative estimate of drug-likeness (QED) is 0.202. The van der Waals surface area contributed by atoms with Crippen LogP contribution in [0.3, 0.4) is 0 Å². The minimum Gasteiger partial charge on any atom is -0.489 e. The maximum atomic E-state index is 12.1. The molecule has 7 nitrogen and oxygen atoms in total. The van der Waals surface area contributed by atoms with Crippen molar-refractivity contribution in [1.29, 1.82) is 0 Å². The molecule has 0 spiro atoms. The Bertz CT molecular complexity index is 1110. The fraction of sp³-hybridized carbons (Fsp3) is 0.250. The van der Waals surface area contributed by atoms with Gasteiger partial charge < -0.3 is 26.1 Å². The van der Waals surface area contributed by atoms with Crippen molar-refractivity contribution in [1.82, 2.24) is 5.32 Å². The van der Waals surface area contributed by atoms with Crippen LogP contribution in [0.25, 0.3) is 10.8 Å². The lowest BCUT2D eigenvalue weighted by Gasteiger charge is -2.17. The summed E-state index contributed by atoms with van der Waals surface area (Å²) in [6, 6.07) is 16.5. The van der Waals surface area contributed by atoms with Crippen molar-refractivity contribution >= 4 is 28.6 Å². The first-order valence-corrected chi connectivity index (χ1v) is 10.2. The number of carboxylic acid groups (broad SMARTS) is 1. The first kappa shape index (κ1) is 20.7. The van der Waals surface area contributed by atoms with Gasteiger partial charge in [-0.15, -0.1) is 0 Å². The minimum atomic E-state index is -0.923. The molecule has 3 aromatic carbocycles. The average Bonchev–Trinajstić information content (AvgIpc) is 3.27. The molecule has 0 saturated carbocycles. The lowest BCUT2D eigenvalue weighted by molar-refractivity contribution is -0.138. The number of nitrogens with one attached hydrogen (secondary N) is 1. The van der Waals surface area contributed by atoms with Crippen molar-refractivity contribution in [3.8, 4) is 5.75 Å². The Balaban J connectivity index is 1.63. The third-order valence-electron chi connectivity index (χ3n) is 5.69. The molecule has 160 valence electrons. The van der Waals surface area contributed by atoms with Crippen LogP contribution in [0.15, 0.2) is 59.8 Å². The van der Waals surface area contributed by atoms with Gasteiger partial charge in [0.05, 0.1) is 12.1 Å². The van der Waals surface area contributed by atoms with Crippen molar-refractivity contribution in [2.24, 2.45) is 5.16 Å². The van der Waals surface area contributed by atoms with E-state index < -0.39 is 11.9 Å². The first-order chi connectivity index (χ1) is 15.0. The number of oxime groups is 1. The molecular weight excluding hydrogens is 394 g/mol.